The summed E-state index contributed by atoms with van der Waals surface area (Å²) in [5.74, 6) is 2.97. The van der Waals surface area contributed by atoms with Crippen LogP contribution in [0.2, 0.25) is 0 Å². The molecule has 2 heterocycles. The molecule has 0 aliphatic carbocycles. The van der Waals surface area contributed by atoms with Crippen LogP contribution in [0.4, 0.5) is 5.69 Å². The second-order valence-corrected chi connectivity index (χ2v) is 7.55. The molecule has 0 amide bonds. The van der Waals surface area contributed by atoms with E-state index in [1.807, 2.05) is 37.3 Å². The van der Waals surface area contributed by atoms with Gasteiger partial charge in [-0.3, -0.25) is 0 Å². The van der Waals surface area contributed by atoms with E-state index >= 15 is 0 Å². The first-order chi connectivity index (χ1) is 14.7. The van der Waals surface area contributed by atoms with Crippen molar-refractivity contribution in [3.63, 3.8) is 0 Å². The molecule has 8 nitrogen and oxygen atoms in total. The van der Waals surface area contributed by atoms with Gasteiger partial charge in [0.15, 0.2) is 17.2 Å². The number of rotatable bonds is 6. The van der Waals surface area contributed by atoms with Crippen molar-refractivity contribution in [3.05, 3.63) is 42.0 Å². The first-order valence-electron chi connectivity index (χ1n) is 9.38. The van der Waals surface area contributed by atoms with Gasteiger partial charge in [0.25, 0.3) is 0 Å². The van der Waals surface area contributed by atoms with E-state index in [1.165, 1.54) is 11.8 Å². The third kappa shape index (κ3) is 3.68. The van der Waals surface area contributed by atoms with Crippen molar-refractivity contribution in [1.82, 2.24) is 15.2 Å². The second-order valence-electron chi connectivity index (χ2n) is 6.32. The lowest BCUT2D eigenvalue weighted by Crippen LogP contribution is -2.18. The van der Waals surface area contributed by atoms with Gasteiger partial charge in [-0.25, -0.2) is 0 Å². The van der Waals surface area contributed by atoms with Crippen molar-refractivity contribution in [2.45, 2.75) is 18.3 Å². The van der Waals surface area contributed by atoms with Crippen molar-refractivity contribution in [3.8, 4) is 34.4 Å². The average molecular weight is 426 g/mol. The van der Waals surface area contributed by atoms with Crippen LogP contribution in [0.1, 0.15) is 18.7 Å². The molecule has 156 valence electrons. The normalized spacial score (nSPS) is 14.5. The molecule has 0 unspecified atom stereocenters. The number of methoxy groups -OCH3 is 3. The van der Waals surface area contributed by atoms with Crippen LogP contribution in [-0.2, 0) is 0 Å². The highest BCUT2D eigenvalue weighted by atomic mass is 32.2. The predicted molar refractivity (Wildman–Crippen MR) is 115 cm³/mol. The smallest absolute Gasteiger partial charge is 0.247 e. The maximum absolute atomic E-state index is 6.31. The molecule has 2 aromatic carbocycles. The largest absolute Gasteiger partial charge is 0.496 e. The van der Waals surface area contributed by atoms with E-state index in [0.717, 1.165) is 22.6 Å². The lowest BCUT2D eigenvalue weighted by atomic mass is 10.1. The summed E-state index contributed by atoms with van der Waals surface area (Å²) in [6.07, 6.45) is -0.599. The number of nitrogens with zero attached hydrogens (tertiary/aromatic N) is 3. The summed E-state index contributed by atoms with van der Waals surface area (Å²) in [6, 6.07) is 11.4. The third-order valence-corrected chi connectivity index (χ3v) is 5.35. The molecule has 0 saturated carbocycles. The molecule has 4 rings (SSSR count). The molecule has 9 heteroatoms. The summed E-state index contributed by atoms with van der Waals surface area (Å²) in [7, 11) is 4.77. The number of aromatic nitrogens is 3. The Hall–Kier alpha value is -3.20. The lowest BCUT2D eigenvalue weighted by Gasteiger charge is -2.22. The minimum Gasteiger partial charge on any atom is -0.496 e. The number of hydrogen-bond donors (Lipinski definition) is 1. The highest BCUT2D eigenvalue weighted by molar-refractivity contribution is 7.99. The maximum atomic E-state index is 6.31. The number of hydrogen-bond acceptors (Lipinski definition) is 9. The van der Waals surface area contributed by atoms with Gasteiger partial charge in [-0.1, -0.05) is 36.9 Å². The number of fused-ring (bicyclic) bond motifs is 3. The van der Waals surface area contributed by atoms with E-state index in [9.17, 15) is 0 Å². The standard InChI is InChI=1S/C21H22N4O4S/c1-5-30-21-23-20-18(24-25-21)12-8-6-7-9-14(12)22-19(29-20)13-10-16(27-3)17(28-4)11-15(13)26-2/h6-11,19,22H,5H2,1-4H3/t19-/m0/s1. The van der Waals surface area contributed by atoms with Crippen LogP contribution in [0.3, 0.4) is 0 Å². The number of para-hydroxylation sites is 1. The second kappa shape index (κ2) is 8.66. The van der Waals surface area contributed by atoms with Crippen molar-refractivity contribution in [2.24, 2.45) is 0 Å². The quantitative estimate of drug-likeness (QED) is 0.583. The molecule has 30 heavy (non-hydrogen) atoms. The molecule has 1 aromatic heterocycles. The molecular weight excluding hydrogens is 404 g/mol. The van der Waals surface area contributed by atoms with Crippen molar-refractivity contribution < 1.29 is 18.9 Å². The van der Waals surface area contributed by atoms with Crippen molar-refractivity contribution in [1.29, 1.82) is 0 Å². The molecule has 0 bridgehead atoms. The molecular formula is C21H22N4O4S. The predicted octanol–water partition coefficient (Wildman–Crippen LogP) is 4.18. The van der Waals surface area contributed by atoms with Gasteiger partial charge in [0.05, 0.1) is 26.9 Å². The maximum Gasteiger partial charge on any atom is 0.247 e. The number of ether oxygens (including phenoxy) is 4. The van der Waals surface area contributed by atoms with Gasteiger partial charge in [-0.15, -0.1) is 10.2 Å². The van der Waals surface area contributed by atoms with Crippen LogP contribution < -0.4 is 24.3 Å². The topological polar surface area (TPSA) is 87.6 Å². The van der Waals surface area contributed by atoms with Gasteiger partial charge in [-0.05, 0) is 17.9 Å². The fourth-order valence-electron chi connectivity index (χ4n) is 3.24. The Morgan fingerprint density at radius 1 is 1.00 bits per heavy atom. The van der Waals surface area contributed by atoms with Gasteiger partial charge in [0, 0.05) is 17.3 Å². The van der Waals surface area contributed by atoms with E-state index in [4.69, 9.17) is 18.9 Å². The summed E-state index contributed by atoms with van der Waals surface area (Å²) in [5.41, 5.74) is 3.04. The van der Waals surface area contributed by atoms with Crippen LogP contribution in [0, 0.1) is 0 Å². The van der Waals surface area contributed by atoms with Crippen LogP contribution >= 0.6 is 11.8 Å². The van der Waals surface area contributed by atoms with Gasteiger partial charge in [0.2, 0.25) is 17.3 Å². The number of nitrogens with one attached hydrogen (secondary N) is 1. The van der Waals surface area contributed by atoms with E-state index in [0.29, 0.717) is 34.0 Å². The Morgan fingerprint density at radius 2 is 1.73 bits per heavy atom. The molecule has 1 aliphatic heterocycles. The third-order valence-electron chi connectivity index (χ3n) is 4.63. The highest BCUT2D eigenvalue weighted by Crippen LogP contribution is 2.43. The zero-order chi connectivity index (χ0) is 21.1. The summed E-state index contributed by atoms with van der Waals surface area (Å²) in [6.45, 7) is 2.04. The summed E-state index contributed by atoms with van der Waals surface area (Å²) >= 11 is 1.51. The molecule has 1 N–H and O–H groups in total. The van der Waals surface area contributed by atoms with Gasteiger partial charge >= 0.3 is 0 Å². The Kier molecular flexibility index (Phi) is 5.80. The molecule has 0 radical (unpaired) electrons. The molecule has 0 spiro atoms. The molecule has 0 fully saturated rings. The number of thioether (sulfide) groups is 1. The van der Waals surface area contributed by atoms with Crippen molar-refractivity contribution in [2.75, 3.05) is 32.4 Å². The zero-order valence-corrected chi connectivity index (χ0v) is 17.9. The summed E-state index contributed by atoms with van der Waals surface area (Å²) in [5, 5.41) is 12.6. The Bertz CT molecular complexity index is 1060. The van der Waals surface area contributed by atoms with E-state index in [-0.39, 0.29) is 0 Å². The summed E-state index contributed by atoms with van der Waals surface area (Å²) < 4.78 is 22.8. The Labute approximate surface area is 178 Å². The SMILES string of the molecule is CCSc1nnc2c(n1)O[C@@H](c1cc(OC)c(OC)cc1OC)Nc1ccccc1-2. The van der Waals surface area contributed by atoms with Crippen LogP contribution in [0.25, 0.3) is 11.3 Å². The molecule has 0 saturated heterocycles. The number of anilines is 1. The van der Waals surface area contributed by atoms with E-state index in [1.54, 1.807) is 27.4 Å². The first kappa shape index (κ1) is 20.1. The van der Waals surface area contributed by atoms with Crippen molar-refractivity contribution >= 4 is 17.4 Å². The number of benzene rings is 2. The van der Waals surface area contributed by atoms with E-state index in [2.05, 4.69) is 20.5 Å². The molecule has 3 aromatic rings. The fourth-order valence-corrected chi connectivity index (χ4v) is 3.74. The average Bonchev–Trinajstić information content (AvgIpc) is 2.94. The molecule has 1 atom stereocenters. The highest BCUT2D eigenvalue weighted by Gasteiger charge is 2.29. The van der Waals surface area contributed by atoms with Crippen LogP contribution in [-0.4, -0.2) is 42.3 Å². The lowest BCUT2D eigenvalue weighted by molar-refractivity contribution is 0.218. The van der Waals surface area contributed by atoms with Crippen LogP contribution in [0.15, 0.2) is 41.6 Å². The minimum atomic E-state index is -0.599. The summed E-state index contributed by atoms with van der Waals surface area (Å²) in [4.78, 5) is 4.60. The monoisotopic (exact) mass is 426 g/mol. The minimum absolute atomic E-state index is 0.403. The van der Waals surface area contributed by atoms with E-state index < -0.39 is 6.23 Å². The Balaban J connectivity index is 1.86. The zero-order valence-electron chi connectivity index (χ0n) is 17.1. The Morgan fingerprint density at radius 3 is 2.47 bits per heavy atom. The molecule has 1 aliphatic rings. The first-order valence-corrected chi connectivity index (χ1v) is 10.4. The fraction of sp³-hybridized carbons (Fsp3) is 0.286. The van der Waals surface area contributed by atoms with Crippen LogP contribution in [0.5, 0.6) is 23.1 Å². The van der Waals surface area contributed by atoms with Gasteiger partial charge in [0.1, 0.15) is 5.75 Å². The van der Waals surface area contributed by atoms with Gasteiger partial charge in [-0.2, -0.15) is 4.98 Å². The van der Waals surface area contributed by atoms with Gasteiger partial charge < -0.3 is 24.3 Å².